The lowest BCUT2D eigenvalue weighted by molar-refractivity contribution is 0.275. The average molecular weight is 385 g/mol. The van der Waals surface area contributed by atoms with Gasteiger partial charge in [0.05, 0.1) is 13.2 Å². The maximum atomic E-state index is 13.5. The number of aliphatic imine (C=N–C) groups is 1. The summed E-state index contributed by atoms with van der Waals surface area (Å²) in [5, 5.41) is 15.7. The highest BCUT2D eigenvalue weighted by Crippen LogP contribution is 2.30. The van der Waals surface area contributed by atoms with Gasteiger partial charge in [-0.15, -0.1) is 0 Å². The normalized spacial score (nSPS) is 14.1. The van der Waals surface area contributed by atoms with Crippen molar-refractivity contribution in [2.45, 2.75) is 39.5 Å². The number of aliphatic hydroxyl groups excluding tert-OH is 1. The number of nitrogens with zero attached hydrogens (tertiary/aromatic N) is 1. The SMILES string of the molecule is CN=C(NCc1ccc(F)c(CO)c1)NCc1ccc(C)cc1OCC1CC1. The van der Waals surface area contributed by atoms with Crippen molar-refractivity contribution in [3.63, 3.8) is 0 Å². The van der Waals surface area contributed by atoms with Gasteiger partial charge in [0.25, 0.3) is 0 Å². The predicted octanol–water partition coefficient (Wildman–Crippen LogP) is 3.28. The molecule has 0 aliphatic heterocycles. The molecule has 0 bridgehead atoms. The summed E-state index contributed by atoms with van der Waals surface area (Å²) in [5.41, 5.74) is 3.42. The van der Waals surface area contributed by atoms with E-state index in [4.69, 9.17) is 4.74 Å². The van der Waals surface area contributed by atoms with Crippen LogP contribution in [-0.4, -0.2) is 24.7 Å². The Hall–Kier alpha value is -2.60. The van der Waals surface area contributed by atoms with E-state index in [0.29, 0.717) is 30.5 Å². The van der Waals surface area contributed by atoms with E-state index in [1.807, 2.05) is 0 Å². The number of guanidine groups is 1. The maximum Gasteiger partial charge on any atom is 0.191 e. The van der Waals surface area contributed by atoms with E-state index in [9.17, 15) is 9.50 Å². The quantitative estimate of drug-likeness (QED) is 0.482. The van der Waals surface area contributed by atoms with E-state index >= 15 is 0 Å². The van der Waals surface area contributed by atoms with Crippen LogP contribution in [0.3, 0.4) is 0 Å². The van der Waals surface area contributed by atoms with Gasteiger partial charge in [-0.2, -0.15) is 0 Å². The van der Waals surface area contributed by atoms with Crippen LogP contribution in [0.15, 0.2) is 41.4 Å². The molecule has 5 nitrogen and oxygen atoms in total. The van der Waals surface area contributed by atoms with Crippen molar-refractivity contribution in [3.8, 4) is 5.75 Å². The first-order valence-corrected chi connectivity index (χ1v) is 9.64. The number of benzene rings is 2. The molecule has 0 amide bonds. The van der Waals surface area contributed by atoms with Crippen LogP contribution < -0.4 is 15.4 Å². The van der Waals surface area contributed by atoms with E-state index in [2.05, 4.69) is 40.7 Å². The molecule has 2 aromatic rings. The maximum absolute atomic E-state index is 13.5. The molecular formula is C22H28FN3O2. The van der Waals surface area contributed by atoms with Crippen molar-refractivity contribution in [1.29, 1.82) is 0 Å². The molecule has 28 heavy (non-hydrogen) atoms. The number of aryl methyl sites for hydroxylation is 1. The van der Waals surface area contributed by atoms with Crippen LogP contribution in [0.2, 0.25) is 0 Å². The number of nitrogens with one attached hydrogen (secondary N) is 2. The van der Waals surface area contributed by atoms with Gasteiger partial charge in [0, 0.05) is 31.3 Å². The minimum Gasteiger partial charge on any atom is -0.493 e. The number of halogens is 1. The largest absolute Gasteiger partial charge is 0.493 e. The minimum absolute atomic E-state index is 0.291. The van der Waals surface area contributed by atoms with Gasteiger partial charge < -0.3 is 20.5 Å². The molecule has 1 aliphatic carbocycles. The second-order valence-corrected chi connectivity index (χ2v) is 7.23. The lowest BCUT2D eigenvalue weighted by atomic mass is 10.1. The summed E-state index contributed by atoms with van der Waals surface area (Å²) in [4.78, 5) is 4.24. The molecule has 150 valence electrons. The topological polar surface area (TPSA) is 65.9 Å². The molecule has 0 radical (unpaired) electrons. The fraction of sp³-hybridized carbons (Fsp3) is 0.409. The fourth-order valence-electron chi connectivity index (χ4n) is 2.88. The molecular weight excluding hydrogens is 357 g/mol. The van der Waals surface area contributed by atoms with E-state index in [1.165, 1.54) is 24.5 Å². The highest BCUT2D eigenvalue weighted by molar-refractivity contribution is 5.79. The predicted molar refractivity (Wildman–Crippen MR) is 109 cm³/mol. The molecule has 1 saturated carbocycles. The number of aliphatic hydroxyl groups is 1. The Morgan fingerprint density at radius 3 is 2.64 bits per heavy atom. The van der Waals surface area contributed by atoms with Crippen molar-refractivity contribution in [1.82, 2.24) is 10.6 Å². The Balaban J connectivity index is 1.56. The Bertz CT molecular complexity index is 835. The lowest BCUT2D eigenvalue weighted by Crippen LogP contribution is -2.36. The highest BCUT2D eigenvalue weighted by atomic mass is 19.1. The molecule has 3 N–H and O–H groups in total. The molecule has 6 heteroatoms. The highest BCUT2D eigenvalue weighted by Gasteiger charge is 2.22. The summed E-state index contributed by atoms with van der Waals surface area (Å²) in [6.07, 6.45) is 2.52. The standard InChI is InChI=1S/C22H28FN3O2/c1-15-3-7-18(21(9-15)28-14-16-4-5-16)12-26-22(24-2)25-11-17-6-8-20(23)19(10-17)13-27/h3,6-10,16,27H,4-5,11-14H2,1-2H3,(H2,24,25,26). The molecule has 0 heterocycles. The van der Waals surface area contributed by atoms with Gasteiger partial charge in [0.15, 0.2) is 5.96 Å². The molecule has 3 rings (SSSR count). The second-order valence-electron chi connectivity index (χ2n) is 7.23. The van der Waals surface area contributed by atoms with Gasteiger partial charge in [-0.3, -0.25) is 4.99 Å². The smallest absolute Gasteiger partial charge is 0.191 e. The number of ether oxygens (including phenoxy) is 1. The summed E-state index contributed by atoms with van der Waals surface area (Å²) in [5.74, 6) is 1.87. The number of rotatable bonds is 8. The van der Waals surface area contributed by atoms with Crippen LogP contribution in [0.25, 0.3) is 0 Å². The Labute approximate surface area is 165 Å². The van der Waals surface area contributed by atoms with E-state index in [-0.39, 0.29) is 6.61 Å². The zero-order valence-corrected chi connectivity index (χ0v) is 16.5. The molecule has 0 atom stereocenters. The number of hydrogen-bond donors (Lipinski definition) is 3. The van der Waals surface area contributed by atoms with Gasteiger partial charge in [0.2, 0.25) is 0 Å². The van der Waals surface area contributed by atoms with Crippen molar-refractivity contribution < 1.29 is 14.2 Å². The zero-order chi connectivity index (χ0) is 19.9. The Morgan fingerprint density at radius 1 is 1.14 bits per heavy atom. The molecule has 0 spiro atoms. The Morgan fingerprint density at radius 2 is 1.93 bits per heavy atom. The second kappa shape index (κ2) is 9.55. The summed E-state index contributed by atoms with van der Waals surface area (Å²) >= 11 is 0. The fourth-order valence-corrected chi connectivity index (χ4v) is 2.88. The van der Waals surface area contributed by atoms with Gasteiger partial charge in [-0.05, 0) is 55.0 Å². The third kappa shape index (κ3) is 5.70. The van der Waals surface area contributed by atoms with E-state index in [0.717, 1.165) is 23.5 Å². The molecule has 1 fully saturated rings. The first-order valence-electron chi connectivity index (χ1n) is 9.64. The third-order valence-corrected chi connectivity index (χ3v) is 4.80. The molecule has 0 unspecified atom stereocenters. The van der Waals surface area contributed by atoms with Crippen molar-refractivity contribution in [3.05, 3.63) is 64.5 Å². The third-order valence-electron chi connectivity index (χ3n) is 4.80. The summed E-state index contributed by atoms with van der Waals surface area (Å²) < 4.78 is 19.5. The summed E-state index contributed by atoms with van der Waals surface area (Å²) in [6, 6.07) is 10.9. The van der Waals surface area contributed by atoms with Gasteiger partial charge in [-0.25, -0.2) is 4.39 Å². The van der Waals surface area contributed by atoms with Crippen molar-refractivity contribution >= 4 is 5.96 Å². The van der Waals surface area contributed by atoms with Gasteiger partial charge >= 0.3 is 0 Å². The van der Waals surface area contributed by atoms with Crippen LogP contribution in [0, 0.1) is 18.7 Å². The monoisotopic (exact) mass is 385 g/mol. The first-order chi connectivity index (χ1) is 13.6. The molecule has 0 saturated heterocycles. The van der Waals surface area contributed by atoms with Crippen LogP contribution in [0.4, 0.5) is 4.39 Å². The van der Waals surface area contributed by atoms with Crippen LogP contribution in [0.1, 0.15) is 35.1 Å². The number of hydrogen-bond acceptors (Lipinski definition) is 3. The van der Waals surface area contributed by atoms with Crippen LogP contribution in [-0.2, 0) is 19.7 Å². The van der Waals surface area contributed by atoms with Crippen molar-refractivity contribution in [2.75, 3.05) is 13.7 Å². The van der Waals surface area contributed by atoms with Crippen LogP contribution >= 0.6 is 0 Å². The van der Waals surface area contributed by atoms with Gasteiger partial charge in [0.1, 0.15) is 11.6 Å². The lowest BCUT2D eigenvalue weighted by Gasteiger charge is -2.16. The van der Waals surface area contributed by atoms with E-state index in [1.54, 1.807) is 19.2 Å². The summed E-state index contributed by atoms with van der Waals surface area (Å²) in [7, 11) is 1.71. The first kappa shape index (κ1) is 20.1. The van der Waals surface area contributed by atoms with Crippen LogP contribution in [0.5, 0.6) is 5.75 Å². The van der Waals surface area contributed by atoms with Gasteiger partial charge in [-0.1, -0.05) is 18.2 Å². The molecule has 0 aromatic heterocycles. The summed E-state index contributed by atoms with van der Waals surface area (Å²) in [6.45, 7) is 3.59. The molecule has 2 aromatic carbocycles. The average Bonchev–Trinajstić information content (AvgIpc) is 3.53. The van der Waals surface area contributed by atoms with Crippen molar-refractivity contribution in [2.24, 2.45) is 10.9 Å². The van der Waals surface area contributed by atoms with E-state index < -0.39 is 5.82 Å². The zero-order valence-electron chi connectivity index (χ0n) is 16.5. The molecule has 1 aliphatic rings. The minimum atomic E-state index is -0.396. The Kier molecular flexibility index (Phi) is 6.87.